The molecule has 156 valence electrons. The van der Waals surface area contributed by atoms with Gasteiger partial charge in [-0.15, -0.1) is 0 Å². The Balaban J connectivity index is 1.33. The number of pyridine rings is 1. The van der Waals surface area contributed by atoms with Crippen molar-refractivity contribution in [3.05, 3.63) is 71.5 Å². The molecule has 2 aromatic heterocycles. The van der Waals surface area contributed by atoms with Crippen LogP contribution in [0.3, 0.4) is 0 Å². The Kier molecular flexibility index (Phi) is 5.38. The lowest BCUT2D eigenvalue weighted by Crippen LogP contribution is -2.44. The van der Waals surface area contributed by atoms with Crippen LogP contribution in [0.5, 0.6) is 0 Å². The molecule has 2 aliphatic heterocycles. The normalized spacial score (nSPS) is 18.4. The number of nitriles is 1. The molecule has 0 amide bonds. The van der Waals surface area contributed by atoms with Gasteiger partial charge in [-0.05, 0) is 23.8 Å². The molecular weight excluding hydrogens is 386 g/mol. The van der Waals surface area contributed by atoms with Crippen molar-refractivity contribution < 1.29 is 0 Å². The molecule has 4 heterocycles. The number of anilines is 1. The zero-order valence-corrected chi connectivity index (χ0v) is 17.3. The number of nitrogens with one attached hydrogen (secondary N) is 2. The van der Waals surface area contributed by atoms with E-state index in [4.69, 9.17) is 0 Å². The monoisotopic (exact) mass is 411 g/mol. The highest BCUT2D eigenvalue weighted by Crippen LogP contribution is 2.29. The van der Waals surface area contributed by atoms with E-state index in [9.17, 15) is 5.26 Å². The maximum Gasteiger partial charge on any atom is 0.124 e. The molecule has 2 aliphatic rings. The number of hydrazone groups is 1. The summed E-state index contributed by atoms with van der Waals surface area (Å²) in [6, 6.07) is 18.8. The van der Waals surface area contributed by atoms with E-state index >= 15 is 0 Å². The van der Waals surface area contributed by atoms with Gasteiger partial charge >= 0.3 is 0 Å². The second-order valence-corrected chi connectivity index (χ2v) is 7.97. The van der Waals surface area contributed by atoms with Crippen LogP contribution in [0.25, 0.3) is 11.3 Å². The fraction of sp³-hybridized carbons (Fsp3) is 0.292. The van der Waals surface area contributed by atoms with Crippen molar-refractivity contribution in [3.8, 4) is 17.3 Å². The lowest BCUT2D eigenvalue weighted by atomic mass is 10.0. The highest BCUT2D eigenvalue weighted by atomic mass is 15.5. The predicted molar refractivity (Wildman–Crippen MR) is 122 cm³/mol. The topological polar surface area (TPSA) is 83.3 Å². The summed E-state index contributed by atoms with van der Waals surface area (Å²) in [4.78, 5) is 10.3. The Bertz CT molecular complexity index is 1110. The first-order valence-electron chi connectivity index (χ1n) is 10.7. The summed E-state index contributed by atoms with van der Waals surface area (Å²) >= 11 is 0. The molecule has 1 saturated heterocycles. The summed E-state index contributed by atoms with van der Waals surface area (Å²) in [6.07, 6.45) is 3.83. The van der Waals surface area contributed by atoms with E-state index in [1.54, 1.807) is 0 Å². The van der Waals surface area contributed by atoms with Gasteiger partial charge in [-0.3, -0.25) is 9.99 Å². The summed E-state index contributed by atoms with van der Waals surface area (Å²) < 4.78 is 0. The van der Waals surface area contributed by atoms with E-state index in [0.717, 1.165) is 62.0 Å². The van der Waals surface area contributed by atoms with Crippen LogP contribution in [0.1, 0.15) is 22.7 Å². The lowest BCUT2D eigenvalue weighted by molar-refractivity contribution is 0.301. The predicted octanol–water partition coefficient (Wildman–Crippen LogP) is 2.94. The molecule has 7 heteroatoms. The van der Waals surface area contributed by atoms with E-state index < -0.39 is 0 Å². The molecule has 31 heavy (non-hydrogen) atoms. The molecule has 7 nitrogen and oxygen atoms in total. The van der Waals surface area contributed by atoms with E-state index in [2.05, 4.69) is 66.7 Å². The first kappa shape index (κ1) is 19.3. The molecule has 0 spiro atoms. The van der Waals surface area contributed by atoms with Gasteiger partial charge in [0.2, 0.25) is 0 Å². The van der Waals surface area contributed by atoms with Crippen LogP contribution < -0.4 is 10.2 Å². The molecular formula is C24H25N7. The summed E-state index contributed by atoms with van der Waals surface area (Å²) in [5, 5.41) is 19.7. The van der Waals surface area contributed by atoms with Crippen molar-refractivity contribution in [2.24, 2.45) is 5.10 Å². The summed E-state index contributed by atoms with van der Waals surface area (Å²) in [5.74, 6) is 1.07. The first-order valence-corrected chi connectivity index (χ1v) is 10.7. The van der Waals surface area contributed by atoms with Gasteiger partial charge < -0.3 is 15.2 Å². The number of rotatable bonds is 5. The standard InChI is InChI=1S/C24H25N7/c25-14-20-13-23(29-24(20)30-10-8-26-9-11-30)19-6-7-27-22(12-19)21-15-28-31(17-21)16-18-4-2-1-3-5-18/h1-7,12-13,15,21,26,29H,8-11,16-17H2. The van der Waals surface area contributed by atoms with Crippen molar-refractivity contribution in [2.45, 2.75) is 12.5 Å². The van der Waals surface area contributed by atoms with Crippen LogP contribution in [0.2, 0.25) is 0 Å². The molecule has 1 atom stereocenters. The molecule has 0 bridgehead atoms. The number of H-pyrrole nitrogens is 1. The molecule has 1 aromatic carbocycles. The molecule has 1 fully saturated rings. The second kappa shape index (κ2) is 8.62. The van der Waals surface area contributed by atoms with Crippen LogP contribution in [-0.2, 0) is 6.54 Å². The van der Waals surface area contributed by atoms with E-state index in [1.165, 1.54) is 5.56 Å². The smallest absolute Gasteiger partial charge is 0.124 e. The number of aromatic amines is 1. The highest BCUT2D eigenvalue weighted by Gasteiger charge is 2.22. The number of benzene rings is 1. The number of hydrogen-bond acceptors (Lipinski definition) is 6. The Morgan fingerprint density at radius 1 is 1.10 bits per heavy atom. The van der Waals surface area contributed by atoms with Crippen LogP contribution in [0.15, 0.2) is 59.8 Å². The Morgan fingerprint density at radius 3 is 2.74 bits per heavy atom. The van der Waals surface area contributed by atoms with Crippen molar-refractivity contribution in [1.82, 2.24) is 20.3 Å². The first-order chi connectivity index (χ1) is 15.3. The Hall–Kier alpha value is -3.63. The number of nitrogens with zero attached hydrogens (tertiary/aromatic N) is 5. The highest BCUT2D eigenvalue weighted by molar-refractivity contribution is 5.73. The zero-order chi connectivity index (χ0) is 21.0. The molecule has 0 saturated carbocycles. The summed E-state index contributed by atoms with van der Waals surface area (Å²) in [7, 11) is 0. The fourth-order valence-corrected chi connectivity index (χ4v) is 4.21. The minimum Gasteiger partial charge on any atom is -0.355 e. The molecule has 5 rings (SSSR count). The average molecular weight is 412 g/mol. The third-order valence-corrected chi connectivity index (χ3v) is 5.85. The molecule has 2 N–H and O–H groups in total. The number of piperazine rings is 1. The number of aromatic nitrogens is 2. The maximum atomic E-state index is 9.64. The SMILES string of the molecule is N#Cc1cc(-c2ccnc(C3C=NN(Cc4ccccc4)C3)c2)[nH]c1N1CCNCC1. The largest absolute Gasteiger partial charge is 0.355 e. The van der Waals surface area contributed by atoms with Crippen LogP contribution >= 0.6 is 0 Å². The molecule has 3 aromatic rings. The van der Waals surface area contributed by atoms with Crippen LogP contribution in [-0.4, -0.2) is 53.9 Å². The summed E-state index contributed by atoms with van der Waals surface area (Å²) in [6.45, 7) is 5.26. The quantitative estimate of drug-likeness (QED) is 0.675. The van der Waals surface area contributed by atoms with Crippen molar-refractivity contribution in [1.29, 1.82) is 5.26 Å². The number of hydrogen-bond donors (Lipinski definition) is 2. The molecule has 0 radical (unpaired) electrons. The van der Waals surface area contributed by atoms with Gasteiger partial charge in [0.15, 0.2) is 0 Å². The van der Waals surface area contributed by atoms with E-state index in [0.29, 0.717) is 5.56 Å². The van der Waals surface area contributed by atoms with Gasteiger partial charge in [-0.25, -0.2) is 0 Å². The van der Waals surface area contributed by atoms with Gasteiger partial charge in [0.1, 0.15) is 11.9 Å². The van der Waals surface area contributed by atoms with Gasteiger partial charge in [-0.2, -0.15) is 10.4 Å². The van der Waals surface area contributed by atoms with E-state index in [-0.39, 0.29) is 5.92 Å². The van der Waals surface area contributed by atoms with Gasteiger partial charge in [0.05, 0.1) is 23.7 Å². The fourth-order valence-electron chi connectivity index (χ4n) is 4.21. The van der Waals surface area contributed by atoms with Gasteiger partial charge in [0, 0.05) is 56.4 Å². The Labute approximate surface area is 182 Å². The van der Waals surface area contributed by atoms with Crippen LogP contribution in [0, 0.1) is 11.3 Å². The minimum absolute atomic E-state index is 0.154. The van der Waals surface area contributed by atoms with Gasteiger partial charge in [-0.1, -0.05) is 30.3 Å². The third-order valence-electron chi connectivity index (χ3n) is 5.85. The van der Waals surface area contributed by atoms with Crippen LogP contribution in [0.4, 0.5) is 5.82 Å². The molecule has 0 aliphatic carbocycles. The maximum absolute atomic E-state index is 9.64. The average Bonchev–Trinajstić information content (AvgIpc) is 3.48. The zero-order valence-electron chi connectivity index (χ0n) is 17.3. The Morgan fingerprint density at radius 2 is 1.94 bits per heavy atom. The molecule has 1 unspecified atom stereocenters. The van der Waals surface area contributed by atoms with Crippen molar-refractivity contribution in [2.75, 3.05) is 37.6 Å². The summed E-state index contributed by atoms with van der Waals surface area (Å²) in [5.41, 5.74) is 4.92. The van der Waals surface area contributed by atoms with Gasteiger partial charge in [0.25, 0.3) is 0 Å². The minimum atomic E-state index is 0.154. The lowest BCUT2D eigenvalue weighted by Gasteiger charge is -2.28. The van der Waals surface area contributed by atoms with Crippen molar-refractivity contribution >= 4 is 12.0 Å². The third kappa shape index (κ3) is 4.16. The van der Waals surface area contributed by atoms with Crippen molar-refractivity contribution in [3.63, 3.8) is 0 Å². The van der Waals surface area contributed by atoms with E-state index in [1.807, 2.05) is 30.6 Å². The second-order valence-electron chi connectivity index (χ2n) is 7.97.